The van der Waals surface area contributed by atoms with Gasteiger partial charge in [0.1, 0.15) is 12.6 Å². The Morgan fingerprint density at radius 3 is 1.15 bits per heavy atom. The molecule has 10 heteroatoms. The summed E-state index contributed by atoms with van der Waals surface area (Å²) in [6.07, 6.45) is 1.15. The molecule has 0 bridgehead atoms. The van der Waals surface area contributed by atoms with E-state index in [-0.39, 0.29) is 6.42 Å². The molecule has 0 rings (SSSR count). The molecule has 0 aromatic heterocycles. The Labute approximate surface area is 70.6 Å². The number of rotatable bonds is 2. The van der Waals surface area contributed by atoms with Gasteiger partial charge in [-0.05, 0) is 0 Å². The van der Waals surface area contributed by atoms with Crippen molar-refractivity contribution in [2.45, 2.75) is 6.42 Å². The monoisotopic (exact) mass is 198 g/mol. The molecule has 2 N–H and O–H groups in total. The fourth-order valence-electron chi connectivity index (χ4n) is 0.0393. The third-order valence-corrected chi connectivity index (χ3v) is 0.192. The molecule has 10 nitrogen and oxygen atoms in total. The normalized spacial score (nSPS) is 6.15. The largest absolute Gasteiger partial charge is 0.328 e. The predicted molar refractivity (Wildman–Crippen MR) is 34.3 cm³/mol. The molecule has 0 fully saturated rings. The van der Waals surface area contributed by atoms with Crippen molar-refractivity contribution < 1.29 is 30.2 Å². The van der Waals surface area contributed by atoms with E-state index in [0.717, 1.165) is 0 Å². The van der Waals surface area contributed by atoms with E-state index < -0.39 is 10.2 Å². The summed E-state index contributed by atoms with van der Waals surface area (Å²) in [6, 6.07) is 0. The first-order chi connectivity index (χ1) is 5.88. The number of hydrogen-bond donors (Lipinski definition) is 2. The second kappa shape index (κ2) is 16.4. The van der Waals surface area contributed by atoms with E-state index in [9.17, 15) is 9.59 Å². The first-order valence-electron chi connectivity index (χ1n) is 2.42. The van der Waals surface area contributed by atoms with Gasteiger partial charge in [0.05, 0.1) is 6.42 Å². The Morgan fingerprint density at radius 1 is 1.00 bits per heavy atom. The molecule has 0 saturated carbocycles. The number of nitrogens with zero attached hydrogens (tertiary/aromatic N) is 2. The fraction of sp³-hybridized carbons (Fsp3) is 0.333. The van der Waals surface area contributed by atoms with Crippen LogP contribution in [0.2, 0.25) is 0 Å². The molecule has 0 saturated heterocycles. The van der Waals surface area contributed by atoms with Gasteiger partial charge < -0.3 is 20.0 Å². The summed E-state index contributed by atoms with van der Waals surface area (Å²) >= 11 is 0. The van der Waals surface area contributed by atoms with Crippen LogP contribution in [0.15, 0.2) is 0 Å². The molecule has 0 atom stereocenters. The second-order valence-electron chi connectivity index (χ2n) is 1.04. The van der Waals surface area contributed by atoms with Gasteiger partial charge in [-0.25, -0.2) is 0 Å². The third-order valence-electron chi connectivity index (χ3n) is 0.192. The molecule has 0 unspecified atom stereocenters. The maximum absolute atomic E-state index is 9.17. The Bertz CT molecular complexity index is 141. The summed E-state index contributed by atoms with van der Waals surface area (Å²) in [5, 5.41) is 27.3. The van der Waals surface area contributed by atoms with Crippen molar-refractivity contribution in [3.8, 4) is 0 Å². The molecule has 0 aromatic rings. The van der Waals surface area contributed by atoms with Crippen molar-refractivity contribution in [2.75, 3.05) is 0 Å². The van der Waals surface area contributed by atoms with E-state index in [1.165, 1.54) is 0 Å². The van der Waals surface area contributed by atoms with Crippen LogP contribution in [-0.2, 0) is 9.59 Å². The number of aldehydes is 2. The van der Waals surface area contributed by atoms with Crippen LogP contribution in [0, 0.1) is 20.2 Å². The zero-order valence-electron chi connectivity index (χ0n) is 6.10. The number of carbonyl (C=O) groups excluding carboxylic acids is 2. The maximum atomic E-state index is 9.17. The molecule has 0 amide bonds. The Morgan fingerprint density at radius 2 is 1.15 bits per heavy atom. The average molecular weight is 198 g/mol. The van der Waals surface area contributed by atoms with Crippen molar-refractivity contribution >= 4 is 12.6 Å². The zero-order chi connectivity index (χ0) is 11.3. The van der Waals surface area contributed by atoms with E-state index >= 15 is 0 Å². The zero-order valence-corrected chi connectivity index (χ0v) is 6.10. The quantitative estimate of drug-likeness (QED) is 0.249. The molecule has 0 spiro atoms. The molecule has 0 aliphatic carbocycles. The van der Waals surface area contributed by atoms with Gasteiger partial charge in [-0.3, -0.25) is 0 Å². The lowest BCUT2D eigenvalue weighted by Gasteiger charge is -1.56. The van der Waals surface area contributed by atoms with Gasteiger partial charge in [-0.2, -0.15) is 0 Å². The minimum absolute atomic E-state index is 0.0278. The average Bonchev–Trinajstić information content (AvgIpc) is 1.86. The standard InChI is InChI=1S/C3H4O2.2HNO3/c4-2-1-3-5;2*2-1(3)4/h2-3H,1H2;2*(H,2,3,4). The Balaban J connectivity index is -0.000000117. The highest BCUT2D eigenvalue weighted by atomic mass is 16.9. The van der Waals surface area contributed by atoms with Gasteiger partial charge in [0.25, 0.3) is 10.2 Å². The van der Waals surface area contributed by atoms with Gasteiger partial charge in [0.2, 0.25) is 0 Å². The van der Waals surface area contributed by atoms with Gasteiger partial charge in [-0.1, -0.05) is 0 Å². The van der Waals surface area contributed by atoms with Crippen molar-refractivity contribution in [1.82, 2.24) is 0 Å². The van der Waals surface area contributed by atoms with Crippen LogP contribution in [-0.4, -0.2) is 33.2 Å². The van der Waals surface area contributed by atoms with Crippen LogP contribution in [0.5, 0.6) is 0 Å². The molecule has 0 radical (unpaired) electrons. The van der Waals surface area contributed by atoms with E-state index in [1.807, 2.05) is 0 Å². The van der Waals surface area contributed by atoms with Crippen molar-refractivity contribution in [3.05, 3.63) is 20.2 Å². The molecule has 0 aliphatic heterocycles. The SMILES string of the molecule is O=CCC=O.O=[N+]([O-])O.O=[N+]([O-])O. The molecule has 0 aliphatic rings. The van der Waals surface area contributed by atoms with Crippen LogP contribution in [0.3, 0.4) is 0 Å². The van der Waals surface area contributed by atoms with E-state index in [2.05, 4.69) is 0 Å². The highest BCUT2D eigenvalue weighted by Crippen LogP contribution is 1.50. The molecule has 76 valence electrons. The van der Waals surface area contributed by atoms with Gasteiger partial charge in [-0.15, -0.1) is 20.2 Å². The lowest BCUT2D eigenvalue weighted by Crippen LogP contribution is -1.81. The lowest BCUT2D eigenvalue weighted by molar-refractivity contribution is -0.742. The van der Waals surface area contributed by atoms with Crippen LogP contribution < -0.4 is 0 Å². The summed E-state index contributed by atoms with van der Waals surface area (Å²) in [7, 11) is 0. The molecular formula is C3H6N2O8. The lowest BCUT2D eigenvalue weighted by atomic mass is 10.6. The summed E-state index contributed by atoms with van der Waals surface area (Å²) in [4.78, 5) is 35.1. The molecular weight excluding hydrogens is 192 g/mol. The summed E-state index contributed by atoms with van der Waals surface area (Å²) < 4.78 is 0. The summed E-state index contributed by atoms with van der Waals surface area (Å²) in [6.45, 7) is 0. The van der Waals surface area contributed by atoms with Gasteiger partial charge >= 0.3 is 0 Å². The summed E-state index contributed by atoms with van der Waals surface area (Å²) in [5.74, 6) is 0. The van der Waals surface area contributed by atoms with Gasteiger partial charge in [0, 0.05) is 0 Å². The minimum Gasteiger partial charge on any atom is -0.328 e. The number of carbonyl (C=O) groups is 2. The smallest absolute Gasteiger partial charge is 0.291 e. The highest BCUT2D eigenvalue weighted by Gasteiger charge is 1.66. The number of hydrogen-bond acceptors (Lipinski definition) is 6. The van der Waals surface area contributed by atoms with E-state index in [4.69, 9.17) is 30.6 Å². The second-order valence-corrected chi connectivity index (χ2v) is 1.04. The summed E-state index contributed by atoms with van der Waals surface area (Å²) in [5.41, 5.74) is 0. The van der Waals surface area contributed by atoms with Crippen LogP contribution in [0.4, 0.5) is 0 Å². The van der Waals surface area contributed by atoms with E-state index in [0.29, 0.717) is 12.6 Å². The van der Waals surface area contributed by atoms with E-state index in [1.54, 1.807) is 0 Å². The molecule has 13 heavy (non-hydrogen) atoms. The molecule has 0 heterocycles. The van der Waals surface area contributed by atoms with Crippen LogP contribution in [0.1, 0.15) is 6.42 Å². The Hall–Kier alpha value is -2.26. The van der Waals surface area contributed by atoms with Crippen molar-refractivity contribution in [1.29, 1.82) is 0 Å². The van der Waals surface area contributed by atoms with Crippen LogP contribution in [0.25, 0.3) is 0 Å². The predicted octanol–water partition coefficient (Wildman–Crippen LogP) is -0.921. The Kier molecular flexibility index (Phi) is 21.4. The minimum atomic E-state index is -1.50. The first kappa shape index (κ1) is 17.0. The van der Waals surface area contributed by atoms with Gasteiger partial charge in [0.15, 0.2) is 0 Å². The van der Waals surface area contributed by atoms with Crippen molar-refractivity contribution in [2.24, 2.45) is 0 Å². The fourth-order valence-corrected chi connectivity index (χ4v) is 0.0393. The van der Waals surface area contributed by atoms with Crippen molar-refractivity contribution in [3.63, 3.8) is 0 Å². The third kappa shape index (κ3) is 8630. The topological polar surface area (TPSA) is 161 Å². The first-order valence-corrected chi connectivity index (χ1v) is 2.42. The maximum Gasteiger partial charge on any atom is 0.291 e. The van der Waals surface area contributed by atoms with Crippen LogP contribution >= 0.6 is 0 Å². The molecule has 0 aromatic carbocycles. The highest BCUT2D eigenvalue weighted by molar-refractivity contribution is 5.72.